The summed E-state index contributed by atoms with van der Waals surface area (Å²) in [5, 5.41) is 12.6. The van der Waals surface area contributed by atoms with Crippen molar-refractivity contribution in [2.75, 3.05) is 20.8 Å². The summed E-state index contributed by atoms with van der Waals surface area (Å²) in [5.41, 5.74) is 2.47. The summed E-state index contributed by atoms with van der Waals surface area (Å²) in [6.07, 6.45) is 1.54. The van der Waals surface area contributed by atoms with Gasteiger partial charge in [-0.3, -0.25) is 9.59 Å². The molecule has 1 fully saturated rings. The number of benzene rings is 2. The van der Waals surface area contributed by atoms with Crippen LogP contribution >= 0.6 is 23.2 Å². The lowest BCUT2D eigenvalue weighted by Gasteiger charge is -2.26. The van der Waals surface area contributed by atoms with Gasteiger partial charge in [-0.1, -0.05) is 54.7 Å². The SMILES string of the molecule is CCCCN1C(=O)C(=O)/C(=C(/O)c2cc(Cl)c(OC)c(Cl)c2OC)C1c1c(C)[nH]c2ccccc12. The summed E-state index contributed by atoms with van der Waals surface area (Å²) in [7, 11) is 2.79. The van der Waals surface area contributed by atoms with Crippen molar-refractivity contribution in [3.8, 4) is 11.5 Å². The van der Waals surface area contributed by atoms with Crippen LogP contribution in [0.2, 0.25) is 10.0 Å². The van der Waals surface area contributed by atoms with Crippen molar-refractivity contribution in [3.05, 3.63) is 62.8 Å². The number of nitrogens with zero attached hydrogens (tertiary/aromatic N) is 1. The molecule has 0 aliphatic carbocycles. The summed E-state index contributed by atoms with van der Waals surface area (Å²) < 4.78 is 10.7. The molecule has 0 saturated carbocycles. The van der Waals surface area contributed by atoms with E-state index in [-0.39, 0.29) is 32.7 Å². The third-order valence-corrected chi connectivity index (χ3v) is 6.93. The highest BCUT2D eigenvalue weighted by Crippen LogP contribution is 2.48. The Morgan fingerprint density at radius 1 is 1.14 bits per heavy atom. The number of H-pyrrole nitrogens is 1. The van der Waals surface area contributed by atoms with E-state index in [0.717, 1.165) is 28.6 Å². The molecule has 4 rings (SSSR count). The highest BCUT2D eigenvalue weighted by atomic mass is 35.5. The Kier molecular flexibility index (Phi) is 7.01. The summed E-state index contributed by atoms with van der Waals surface area (Å²) in [5.74, 6) is -1.60. The predicted octanol–water partition coefficient (Wildman–Crippen LogP) is 6.02. The summed E-state index contributed by atoms with van der Waals surface area (Å²) >= 11 is 12.8. The molecule has 1 unspecified atom stereocenters. The van der Waals surface area contributed by atoms with Gasteiger partial charge in [0, 0.05) is 28.7 Å². The number of ketones is 1. The van der Waals surface area contributed by atoms with Crippen LogP contribution in [0.1, 0.15) is 42.6 Å². The zero-order valence-electron chi connectivity index (χ0n) is 19.9. The van der Waals surface area contributed by atoms with Gasteiger partial charge in [0.2, 0.25) is 0 Å². The Morgan fingerprint density at radius 3 is 2.49 bits per heavy atom. The number of halogens is 2. The molecule has 1 amide bonds. The molecule has 1 saturated heterocycles. The second kappa shape index (κ2) is 9.84. The van der Waals surface area contributed by atoms with E-state index in [9.17, 15) is 14.7 Å². The monoisotopic (exact) mass is 516 g/mol. The predicted molar refractivity (Wildman–Crippen MR) is 137 cm³/mol. The van der Waals surface area contributed by atoms with Gasteiger partial charge in [0.05, 0.1) is 36.4 Å². The van der Waals surface area contributed by atoms with Crippen molar-refractivity contribution in [3.63, 3.8) is 0 Å². The van der Waals surface area contributed by atoms with Crippen molar-refractivity contribution in [1.29, 1.82) is 0 Å². The van der Waals surface area contributed by atoms with E-state index in [4.69, 9.17) is 32.7 Å². The van der Waals surface area contributed by atoms with Crippen LogP contribution in [0.3, 0.4) is 0 Å². The maximum Gasteiger partial charge on any atom is 0.295 e. The number of para-hydroxylation sites is 1. The van der Waals surface area contributed by atoms with Gasteiger partial charge >= 0.3 is 0 Å². The van der Waals surface area contributed by atoms with Crippen LogP contribution < -0.4 is 9.47 Å². The van der Waals surface area contributed by atoms with Crippen LogP contribution in [0.15, 0.2) is 35.9 Å². The normalized spacial score (nSPS) is 17.4. The number of aryl methyl sites for hydroxylation is 1. The molecule has 184 valence electrons. The number of unbranched alkanes of at least 4 members (excludes halogenated alkanes) is 1. The maximum absolute atomic E-state index is 13.4. The number of carbonyl (C=O) groups excluding carboxylic acids is 2. The molecule has 9 heteroatoms. The lowest BCUT2D eigenvalue weighted by Crippen LogP contribution is -2.30. The van der Waals surface area contributed by atoms with Crippen molar-refractivity contribution in [2.45, 2.75) is 32.7 Å². The van der Waals surface area contributed by atoms with Gasteiger partial charge in [-0.15, -0.1) is 0 Å². The van der Waals surface area contributed by atoms with Gasteiger partial charge in [0.25, 0.3) is 11.7 Å². The van der Waals surface area contributed by atoms with Crippen LogP contribution in [0, 0.1) is 6.92 Å². The minimum atomic E-state index is -0.804. The van der Waals surface area contributed by atoms with E-state index < -0.39 is 23.5 Å². The molecular weight excluding hydrogens is 491 g/mol. The number of ether oxygens (including phenoxy) is 2. The van der Waals surface area contributed by atoms with Crippen molar-refractivity contribution >= 4 is 51.6 Å². The van der Waals surface area contributed by atoms with Gasteiger partial charge < -0.3 is 24.5 Å². The summed E-state index contributed by atoms with van der Waals surface area (Å²) in [6, 6.07) is 8.26. The number of aliphatic hydroxyl groups is 1. The zero-order valence-corrected chi connectivity index (χ0v) is 21.4. The van der Waals surface area contributed by atoms with Crippen molar-refractivity contribution in [2.24, 2.45) is 0 Å². The average molecular weight is 517 g/mol. The van der Waals surface area contributed by atoms with E-state index in [1.54, 1.807) is 0 Å². The highest BCUT2D eigenvalue weighted by molar-refractivity contribution is 6.47. The number of Topliss-reactive ketones (excluding diaryl/α,β-unsaturated/α-hetero) is 1. The van der Waals surface area contributed by atoms with Gasteiger partial charge in [0.15, 0.2) is 11.5 Å². The van der Waals surface area contributed by atoms with Gasteiger partial charge in [-0.2, -0.15) is 0 Å². The molecule has 1 aliphatic heterocycles. The first-order chi connectivity index (χ1) is 16.8. The molecule has 0 spiro atoms. The minimum absolute atomic E-state index is 0.0455. The lowest BCUT2D eigenvalue weighted by molar-refractivity contribution is -0.139. The number of likely N-dealkylation sites (tertiary alicyclic amines) is 1. The third kappa shape index (κ3) is 4.02. The molecule has 1 atom stereocenters. The number of aliphatic hydroxyl groups excluding tert-OH is 1. The molecule has 2 heterocycles. The van der Waals surface area contributed by atoms with Gasteiger partial charge in [0.1, 0.15) is 10.8 Å². The number of rotatable bonds is 7. The number of hydrogen-bond donors (Lipinski definition) is 2. The van der Waals surface area contributed by atoms with Crippen LogP contribution in [-0.2, 0) is 9.59 Å². The smallest absolute Gasteiger partial charge is 0.295 e. The fourth-order valence-corrected chi connectivity index (χ4v) is 5.37. The van der Waals surface area contributed by atoms with E-state index in [1.807, 2.05) is 38.1 Å². The number of amides is 1. The molecular formula is C26H26Cl2N2O5. The fourth-order valence-electron chi connectivity index (χ4n) is 4.68. The fraction of sp³-hybridized carbons (Fsp3) is 0.308. The first-order valence-corrected chi connectivity index (χ1v) is 12.0. The summed E-state index contributed by atoms with van der Waals surface area (Å²) in [4.78, 5) is 31.5. The summed E-state index contributed by atoms with van der Waals surface area (Å²) in [6.45, 7) is 4.26. The molecule has 1 aromatic heterocycles. The first-order valence-electron chi connectivity index (χ1n) is 11.2. The van der Waals surface area contributed by atoms with Crippen LogP contribution in [-0.4, -0.2) is 47.4 Å². The number of hydrogen-bond acceptors (Lipinski definition) is 5. The molecule has 3 aromatic rings. The number of carbonyl (C=O) groups is 2. The van der Waals surface area contributed by atoms with E-state index in [0.29, 0.717) is 13.0 Å². The molecule has 1 aliphatic rings. The molecule has 7 nitrogen and oxygen atoms in total. The molecule has 2 aromatic carbocycles. The number of aromatic nitrogens is 1. The molecule has 0 bridgehead atoms. The Bertz CT molecular complexity index is 1360. The second-order valence-electron chi connectivity index (χ2n) is 8.34. The third-order valence-electron chi connectivity index (χ3n) is 6.30. The zero-order chi connectivity index (χ0) is 25.4. The lowest BCUT2D eigenvalue weighted by atomic mass is 9.93. The molecule has 0 radical (unpaired) electrons. The van der Waals surface area contributed by atoms with Crippen LogP contribution in [0.5, 0.6) is 11.5 Å². The maximum atomic E-state index is 13.4. The minimum Gasteiger partial charge on any atom is -0.507 e. The van der Waals surface area contributed by atoms with Gasteiger partial charge in [-0.05, 0) is 25.5 Å². The quantitative estimate of drug-likeness (QED) is 0.227. The van der Waals surface area contributed by atoms with Crippen LogP contribution in [0.25, 0.3) is 16.7 Å². The van der Waals surface area contributed by atoms with Crippen molar-refractivity contribution in [1.82, 2.24) is 9.88 Å². The number of methoxy groups -OCH3 is 2. The number of nitrogens with one attached hydrogen (secondary N) is 1. The Labute approximate surface area is 213 Å². The number of fused-ring (bicyclic) bond motifs is 1. The average Bonchev–Trinajstić information content (AvgIpc) is 3.29. The first kappa shape index (κ1) is 24.9. The van der Waals surface area contributed by atoms with E-state index in [1.165, 1.54) is 25.2 Å². The van der Waals surface area contributed by atoms with E-state index >= 15 is 0 Å². The van der Waals surface area contributed by atoms with Gasteiger partial charge in [-0.25, -0.2) is 0 Å². The van der Waals surface area contributed by atoms with E-state index in [2.05, 4.69) is 4.98 Å². The standard InChI is InChI=1S/C26H26Cl2N2O5/c1-5-6-11-30-21(18-13(2)29-17-10-8-7-9-14(17)18)19(23(32)26(30)33)22(31)15-12-16(27)25(35-4)20(28)24(15)34-3/h7-10,12,21,29,31H,5-6,11H2,1-4H3/b22-19+. The second-order valence-corrected chi connectivity index (χ2v) is 9.13. The Balaban J connectivity index is 2.03. The van der Waals surface area contributed by atoms with Crippen LogP contribution in [0.4, 0.5) is 0 Å². The number of aromatic amines is 1. The topological polar surface area (TPSA) is 91.9 Å². The Morgan fingerprint density at radius 2 is 1.83 bits per heavy atom. The van der Waals surface area contributed by atoms with Crippen molar-refractivity contribution < 1.29 is 24.2 Å². The largest absolute Gasteiger partial charge is 0.507 e. The Hall–Kier alpha value is -3.16. The molecule has 2 N–H and O–H groups in total. The molecule has 35 heavy (non-hydrogen) atoms. The highest BCUT2D eigenvalue weighted by Gasteiger charge is 2.47.